The average Bonchev–Trinajstić information content (AvgIpc) is 2.36. The van der Waals surface area contributed by atoms with Crippen LogP contribution in [-0.4, -0.2) is 24.8 Å². The largest absolute Gasteiger partial charge is 0.481 e. The van der Waals surface area contributed by atoms with Crippen LogP contribution in [0.25, 0.3) is 0 Å². The topological polar surface area (TPSA) is 55.4 Å². The molecule has 0 saturated heterocycles. The summed E-state index contributed by atoms with van der Waals surface area (Å²) in [5.74, 6) is -1.00. The van der Waals surface area contributed by atoms with Crippen molar-refractivity contribution >= 4 is 12.2 Å². The first-order chi connectivity index (χ1) is 8.56. The number of ether oxygens (including phenoxy) is 1. The van der Waals surface area contributed by atoms with Crippen LogP contribution in [0.1, 0.15) is 30.6 Å². The minimum atomic E-state index is -0.657. The number of carbonyl (C=O) groups is 2. The molecule has 0 bridgehead atoms. The third-order valence-corrected chi connectivity index (χ3v) is 2.47. The van der Waals surface area contributed by atoms with E-state index in [1.807, 2.05) is 13.8 Å². The normalized spacial score (nSPS) is 11.7. The van der Waals surface area contributed by atoms with E-state index >= 15 is 0 Å². The van der Waals surface area contributed by atoms with Crippen LogP contribution in [0.4, 0.5) is 4.39 Å². The molecule has 1 N–H and O–H groups in total. The van der Waals surface area contributed by atoms with Gasteiger partial charge in [-0.25, -0.2) is 4.39 Å². The Labute approximate surface area is 105 Å². The number of benzene rings is 1. The van der Waals surface area contributed by atoms with Crippen molar-refractivity contribution in [2.24, 2.45) is 0 Å². The van der Waals surface area contributed by atoms with E-state index in [1.165, 1.54) is 12.1 Å². The molecule has 0 fully saturated rings. The number of carbonyl (C=O) groups excluding carboxylic acids is 2. The van der Waals surface area contributed by atoms with E-state index in [0.717, 1.165) is 12.5 Å². The summed E-state index contributed by atoms with van der Waals surface area (Å²) >= 11 is 0. The molecule has 1 aromatic carbocycles. The predicted octanol–water partition coefficient (Wildman–Crippen LogP) is 1.93. The van der Waals surface area contributed by atoms with E-state index in [9.17, 15) is 14.0 Å². The number of amides is 1. The van der Waals surface area contributed by atoms with Crippen molar-refractivity contribution in [2.75, 3.05) is 6.61 Å². The van der Waals surface area contributed by atoms with Gasteiger partial charge in [-0.2, -0.15) is 0 Å². The van der Waals surface area contributed by atoms with Gasteiger partial charge in [0.05, 0.1) is 0 Å². The van der Waals surface area contributed by atoms with E-state index in [0.29, 0.717) is 6.29 Å². The minimum absolute atomic E-state index is 0.0418. The van der Waals surface area contributed by atoms with Crippen LogP contribution in [0.5, 0.6) is 5.75 Å². The van der Waals surface area contributed by atoms with E-state index in [4.69, 9.17) is 4.74 Å². The molecule has 1 aromatic rings. The zero-order chi connectivity index (χ0) is 13.5. The molecule has 1 atom stereocenters. The fourth-order valence-corrected chi connectivity index (χ4v) is 1.27. The van der Waals surface area contributed by atoms with Crippen molar-refractivity contribution in [2.45, 2.75) is 26.3 Å². The van der Waals surface area contributed by atoms with Gasteiger partial charge < -0.3 is 10.1 Å². The highest BCUT2D eigenvalue weighted by molar-refractivity contribution is 5.78. The van der Waals surface area contributed by atoms with Crippen LogP contribution in [0.2, 0.25) is 0 Å². The van der Waals surface area contributed by atoms with Gasteiger partial charge in [-0.3, -0.25) is 9.59 Å². The minimum Gasteiger partial charge on any atom is -0.481 e. The molecule has 0 saturated carbocycles. The number of rotatable bonds is 6. The smallest absolute Gasteiger partial charge is 0.258 e. The highest BCUT2D eigenvalue weighted by Gasteiger charge is 2.09. The van der Waals surface area contributed by atoms with E-state index in [1.54, 1.807) is 0 Å². The molecule has 4 nitrogen and oxygen atoms in total. The highest BCUT2D eigenvalue weighted by atomic mass is 19.1. The van der Waals surface area contributed by atoms with Gasteiger partial charge in [-0.05, 0) is 31.5 Å². The Morgan fingerprint density at radius 2 is 2.28 bits per heavy atom. The Kier molecular flexibility index (Phi) is 5.30. The van der Waals surface area contributed by atoms with Crippen molar-refractivity contribution < 1.29 is 18.7 Å². The molecular weight excluding hydrogens is 237 g/mol. The maximum atomic E-state index is 13.4. The summed E-state index contributed by atoms with van der Waals surface area (Å²) in [6.07, 6.45) is 1.36. The summed E-state index contributed by atoms with van der Waals surface area (Å²) in [6.45, 7) is 3.57. The Morgan fingerprint density at radius 3 is 2.83 bits per heavy atom. The van der Waals surface area contributed by atoms with Crippen LogP contribution in [0.15, 0.2) is 18.2 Å². The zero-order valence-electron chi connectivity index (χ0n) is 10.4. The second-order valence-electron chi connectivity index (χ2n) is 3.97. The number of hydrogen-bond acceptors (Lipinski definition) is 3. The molecule has 1 rings (SSSR count). The average molecular weight is 253 g/mol. The lowest BCUT2D eigenvalue weighted by molar-refractivity contribution is -0.123. The maximum Gasteiger partial charge on any atom is 0.258 e. The molecule has 18 heavy (non-hydrogen) atoms. The number of hydrogen-bond donors (Lipinski definition) is 1. The van der Waals surface area contributed by atoms with Gasteiger partial charge in [0.2, 0.25) is 0 Å². The van der Waals surface area contributed by atoms with Crippen LogP contribution in [0.3, 0.4) is 0 Å². The van der Waals surface area contributed by atoms with E-state index in [2.05, 4.69) is 5.32 Å². The van der Waals surface area contributed by atoms with Gasteiger partial charge in [0, 0.05) is 11.6 Å². The molecule has 0 heterocycles. The van der Waals surface area contributed by atoms with Crippen molar-refractivity contribution in [1.82, 2.24) is 5.32 Å². The Balaban J connectivity index is 2.53. The highest BCUT2D eigenvalue weighted by Crippen LogP contribution is 2.17. The fourth-order valence-electron chi connectivity index (χ4n) is 1.27. The van der Waals surface area contributed by atoms with Crippen molar-refractivity contribution in [3.05, 3.63) is 29.6 Å². The molecule has 0 aliphatic heterocycles. The molecule has 0 aliphatic rings. The Bertz CT molecular complexity index is 434. The van der Waals surface area contributed by atoms with Gasteiger partial charge in [-0.15, -0.1) is 0 Å². The fraction of sp³-hybridized carbons (Fsp3) is 0.385. The van der Waals surface area contributed by atoms with Gasteiger partial charge in [-0.1, -0.05) is 6.92 Å². The molecule has 0 aromatic heterocycles. The van der Waals surface area contributed by atoms with Crippen molar-refractivity contribution in [3.8, 4) is 5.75 Å². The third kappa shape index (κ3) is 4.16. The third-order valence-electron chi connectivity index (χ3n) is 2.47. The zero-order valence-corrected chi connectivity index (χ0v) is 10.4. The van der Waals surface area contributed by atoms with Crippen LogP contribution < -0.4 is 10.1 Å². The van der Waals surface area contributed by atoms with Gasteiger partial charge >= 0.3 is 0 Å². The second-order valence-corrected chi connectivity index (χ2v) is 3.97. The predicted molar refractivity (Wildman–Crippen MR) is 65.2 cm³/mol. The molecule has 5 heteroatoms. The lowest BCUT2D eigenvalue weighted by atomic mass is 10.2. The van der Waals surface area contributed by atoms with Crippen LogP contribution in [0, 0.1) is 5.82 Å². The molecule has 0 spiro atoms. The Hall–Kier alpha value is -1.91. The maximum absolute atomic E-state index is 13.4. The van der Waals surface area contributed by atoms with Crippen LogP contribution in [-0.2, 0) is 4.79 Å². The molecule has 1 amide bonds. The first-order valence-electron chi connectivity index (χ1n) is 5.73. The summed E-state index contributed by atoms with van der Waals surface area (Å²) in [5.41, 5.74) is 0.226. The Morgan fingerprint density at radius 1 is 1.56 bits per heavy atom. The number of aldehydes is 1. The summed E-state index contributed by atoms with van der Waals surface area (Å²) in [4.78, 5) is 21.8. The first kappa shape index (κ1) is 14.2. The molecule has 98 valence electrons. The quantitative estimate of drug-likeness (QED) is 0.788. The molecular formula is C13H16FNO3. The van der Waals surface area contributed by atoms with Crippen molar-refractivity contribution in [1.29, 1.82) is 0 Å². The second kappa shape index (κ2) is 6.74. The lowest BCUT2D eigenvalue weighted by Gasteiger charge is -2.12. The SMILES string of the molecule is CCC(C)NC(=O)COc1ccc(C=O)cc1F. The summed E-state index contributed by atoms with van der Waals surface area (Å²) in [7, 11) is 0. The van der Waals surface area contributed by atoms with Gasteiger partial charge in [0.1, 0.15) is 6.29 Å². The molecule has 0 radical (unpaired) electrons. The van der Waals surface area contributed by atoms with Gasteiger partial charge in [0.15, 0.2) is 18.2 Å². The summed E-state index contributed by atoms with van der Waals surface area (Å²) < 4.78 is 18.4. The van der Waals surface area contributed by atoms with Crippen LogP contribution >= 0.6 is 0 Å². The van der Waals surface area contributed by atoms with E-state index in [-0.39, 0.29) is 29.9 Å². The van der Waals surface area contributed by atoms with Gasteiger partial charge in [0.25, 0.3) is 5.91 Å². The molecule has 1 unspecified atom stereocenters. The molecule has 0 aliphatic carbocycles. The number of nitrogens with one attached hydrogen (secondary N) is 1. The first-order valence-corrected chi connectivity index (χ1v) is 5.73. The summed E-state index contributed by atoms with van der Waals surface area (Å²) in [6, 6.07) is 3.88. The standard InChI is InChI=1S/C13H16FNO3/c1-3-9(2)15-13(17)8-18-12-5-4-10(7-16)6-11(12)14/h4-7,9H,3,8H2,1-2H3,(H,15,17). The van der Waals surface area contributed by atoms with E-state index < -0.39 is 5.82 Å². The van der Waals surface area contributed by atoms with Crippen molar-refractivity contribution in [3.63, 3.8) is 0 Å². The number of halogens is 1. The lowest BCUT2D eigenvalue weighted by Crippen LogP contribution is -2.35. The summed E-state index contributed by atoms with van der Waals surface area (Å²) in [5, 5.41) is 2.70. The monoisotopic (exact) mass is 253 g/mol.